The van der Waals surface area contributed by atoms with E-state index < -0.39 is 0 Å². The molecule has 1 atom stereocenters. The maximum atomic E-state index is 6.24. The van der Waals surface area contributed by atoms with Crippen LogP contribution in [0.3, 0.4) is 0 Å². The van der Waals surface area contributed by atoms with Crippen molar-refractivity contribution in [2.24, 2.45) is 12.8 Å². The molecule has 1 aromatic carbocycles. The predicted octanol–water partition coefficient (Wildman–Crippen LogP) is 2.73. The number of aromatic nitrogens is 2. The second-order valence-corrected chi connectivity index (χ2v) is 5.21. The van der Waals surface area contributed by atoms with E-state index in [1.165, 1.54) is 5.56 Å². The standard InChI is InChI=1S/C13H16BrN3/c1-9-3-4-12(14)11(5-9)13(15)6-10-7-16-17(2)8-10/h3-5,7-8,13H,6,15H2,1-2H3. The van der Waals surface area contributed by atoms with Crippen molar-refractivity contribution in [2.45, 2.75) is 19.4 Å². The van der Waals surface area contributed by atoms with Crippen molar-refractivity contribution < 1.29 is 0 Å². The van der Waals surface area contributed by atoms with Crippen molar-refractivity contribution in [3.05, 3.63) is 51.8 Å². The molecule has 0 amide bonds. The predicted molar refractivity (Wildman–Crippen MR) is 72.7 cm³/mol. The Bertz CT molecular complexity index is 519. The first-order valence-corrected chi connectivity index (χ1v) is 6.34. The fourth-order valence-corrected chi connectivity index (χ4v) is 2.43. The first kappa shape index (κ1) is 12.3. The SMILES string of the molecule is Cc1ccc(Br)c(C(N)Cc2cnn(C)c2)c1. The molecule has 1 unspecified atom stereocenters. The van der Waals surface area contributed by atoms with Crippen molar-refractivity contribution in [1.82, 2.24) is 9.78 Å². The minimum atomic E-state index is -0.00604. The van der Waals surface area contributed by atoms with Gasteiger partial charge in [0.2, 0.25) is 0 Å². The first-order chi connectivity index (χ1) is 8.06. The van der Waals surface area contributed by atoms with Crippen LogP contribution >= 0.6 is 15.9 Å². The third kappa shape index (κ3) is 2.96. The zero-order chi connectivity index (χ0) is 12.4. The molecule has 3 nitrogen and oxygen atoms in total. The van der Waals surface area contributed by atoms with Crippen LogP contribution in [0, 0.1) is 6.92 Å². The summed E-state index contributed by atoms with van der Waals surface area (Å²) in [6.07, 6.45) is 4.67. The molecule has 0 bridgehead atoms. The van der Waals surface area contributed by atoms with Crippen molar-refractivity contribution in [2.75, 3.05) is 0 Å². The summed E-state index contributed by atoms with van der Waals surface area (Å²) >= 11 is 3.55. The Morgan fingerprint density at radius 3 is 2.88 bits per heavy atom. The Hall–Kier alpha value is -1.13. The minimum Gasteiger partial charge on any atom is -0.324 e. The summed E-state index contributed by atoms with van der Waals surface area (Å²) in [5.41, 5.74) is 9.77. The number of nitrogens with zero attached hydrogens (tertiary/aromatic N) is 2. The number of benzene rings is 1. The summed E-state index contributed by atoms with van der Waals surface area (Å²) in [5.74, 6) is 0. The van der Waals surface area contributed by atoms with Gasteiger partial charge in [0.25, 0.3) is 0 Å². The lowest BCUT2D eigenvalue weighted by atomic mass is 10.00. The maximum absolute atomic E-state index is 6.24. The number of nitrogens with two attached hydrogens (primary N) is 1. The van der Waals surface area contributed by atoms with Crippen molar-refractivity contribution in [3.8, 4) is 0 Å². The molecule has 90 valence electrons. The molecular formula is C13H16BrN3. The Morgan fingerprint density at radius 2 is 2.24 bits per heavy atom. The lowest BCUT2D eigenvalue weighted by Crippen LogP contribution is -2.13. The van der Waals surface area contributed by atoms with Crippen LogP contribution in [0.2, 0.25) is 0 Å². The van der Waals surface area contributed by atoms with Crippen LogP contribution in [-0.4, -0.2) is 9.78 Å². The smallest absolute Gasteiger partial charge is 0.0522 e. The highest BCUT2D eigenvalue weighted by atomic mass is 79.9. The highest BCUT2D eigenvalue weighted by Gasteiger charge is 2.11. The average molecular weight is 294 g/mol. The van der Waals surface area contributed by atoms with Gasteiger partial charge in [-0.3, -0.25) is 4.68 Å². The summed E-state index contributed by atoms with van der Waals surface area (Å²) in [4.78, 5) is 0. The van der Waals surface area contributed by atoms with E-state index in [0.29, 0.717) is 0 Å². The van der Waals surface area contributed by atoms with Gasteiger partial charge in [-0.05, 0) is 30.5 Å². The lowest BCUT2D eigenvalue weighted by molar-refractivity contribution is 0.715. The Balaban J connectivity index is 2.19. The largest absolute Gasteiger partial charge is 0.324 e. The molecule has 2 N–H and O–H groups in total. The van der Waals surface area contributed by atoms with Crippen LogP contribution in [0.5, 0.6) is 0 Å². The molecule has 2 aromatic rings. The topological polar surface area (TPSA) is 43.8 Å². The Kier molecular flexibility index (Phi) is 3.64. The number of hydrogen-bond acceptors (Lipinski definition) is 2. The van der Waals surface area contributed by atoms with Gasteiger partial charge in [-0.15, -0.1) is 0 Å². The van der Waals surface area contributed by atoms with Gasteiger partial charge in [-0.1, -0.05) is 33.6 Å². The van der Waals surface area contributed by atoms with Crippen LogP contribution < -0.4 is 5.73 Å². The number of rotatable bonds is 3. The van der Waals surface area contributed by atoms with E-state index in [9.17, 15) is 0 Å². The third-order valence-corrected chi connectivity index (χ3v) is 3.49. The van der Waals surface area contributed by atoms with E-state index in [4.69, 9.17) is 5.73 Å². The fourth-order valence-electron chi connectivity index (χ4n) is 1.89. The van der Waals surface area contributed by atoms with E-state index in [1.54, 1.807) is 4.68 Å². The number of halogens is 1. The number of aryl methyl sites for hydroxylation is 2. The molecule has 17 heavy (non-hydrogen) atoms. The minimum absolute atomic E-state index is 0.00604. The van der Waals surface area contributed by atoms with E-state index in [0.717, 1.165) is 22.0 Å². The first-order valence-electron chi connectivity index (χ1n) is 5.55. The van der Waals surface area contributed by atoms with E-state index in [2.05, 4.69) is 40.1 Å². The molecule has 0 saturated carbocycles. The second kappa shape index (κ2) is 5.02. The molecule has 0 saturated heterocycles. The monoisotopic (exact) mass is 293 g/mol. The zero-order valence-corrected chi connectivity index (χ0v) is 11.6. The summed E-state index contributed by atoms with van der Waals surface area (Å²) in [6, 6.07) is 6.25. The summed E-state index contributed by atoms with van der Waals surface area (Å²) in [5, 5.41) is 4.15. The van der Waals surface area contributed by atoms with Gasteiger partial charge in [-0.2, -0.15) is 5.10 Å². The number of hydrogen-bond donors (Lipinski definition) is 1. The molecule has 0 radical (unpaired) electrons. The maximum Gasteiger partial charge on any atom is 0.0522 e. The van der Waals surface area contributed by atoms with Crippen LogP contribution in [0.1, 0.15) is 22.7 Å². The summed E-state index contributed by atoms with van der Waals surface area (Å²) in [6.45, 7) is 2.08. The molecule has 1 heterocycles. The molecular weight excluding hydrogens is 278 g/mol. The summed E-state index contributed by atoms with van der Waals surface area (Å²) < 4.78 is 2.87. The van der Waals surface area contributed by atoms with Gasteiger partial charge in [0.1, 0.15) is 0 Å². The van der Waals surface area contributed by atoms with Gasteiger partial charge in [-0.25, -0.2) is 0 Å². The highest BCUT2D eigenvalue weighted by molar-refractivity contribution is 9.10. The van der Waals surface area contributed by atoms with Crippen molar-refractivity contribution >= 4 is 15.9 Å². The Morgan fingerprint density at radius 1 is 1.47 bits per heavy atom. The van der Waals surface area contributed by atoms with Gasteiger partial charge in [0.15, 0.2) is 0 Å². The van der Waals surface area contributed by atoms with E-state index in [-0.39, 0.29) is 6.04 Å². The van der Waals surface area contributed by atoms with Crippen molar-refractivity contribution in [1.29, 1.82) is 0 Å². The third-order valence-electron chi connectivity index (χ3n) is 2.76. The fraction of sp³-hybridized carbons (Fsp3) is 0.308. The van der Waals surface area contributed by atoms with Gasteiger partial charge in [0, 0.05) is 23.8 Å². The van der Waals surface area contributed by atoms with Crippen LogP contribution in [0.4, 0.5) is 0 Å². The molecule has 4 heteroatoms. The van der Waals surface area contributed by atoms with E-state index >= 15 is 0 Å². The normalized spacial score (nSPS) is 12.7. The van der Waals surface area contributed by atoms with Crippen molar-refractivity contribution in [3.63, 3.8) is 0 Å². The quantitative estimate of drug-likeness (QED) is 0.946. The highest BCUT2D eigenvalue weighted by Crippen LogP contribution is 2.25. The lowest BCUT2D eigenvalue weighted by Gasteiger charge is -2.13. The van der Waals surface area contributed by atoms with Crippen LogP contribution in [0.15, 0.2) is 35.1 Å². The van der Waals surface area contributed by atoms with Gasteiger partial charge in [0.05, 0.1) is 6.20 Å². The molecule has 0 aliphatic rings. The average Bonchev–Trinajstić information content (AvgIpc) is 2.67. The van der Waals surface area contributed by atoms with E-state index in [1.807, 2.05) is 25.5 Å². The summed E-state index contributed by atoms with van der Waals surface area (Å²) in [7, 11) is 1.91. The molecule has 0 fully saturated rings. The zero-order valence-electron chi connectivity index (χ0n) is 10.0. The molecule has 0 aliphatic carbocycles. The molecule has 0 aliphatic heterocycles. The van der Waals surface area contributed by atoms with Crippen LogP contribution in [0.25, 0.3) is 0 Å². The van der Waals surface area contributed by atoms with Gasteiger partial charge < -0.3 is 5.73 Å². The molecule has 0 spiro atoms. The van der Waals surface area contributed by atoms with Crippen LogP contribution in [-0.2, 0) is 13.5 Å². The Labute approximate surface area is 110 Å². The molecule has 2 rings (SSSR count). The van der Waals surface area contributed by atoms with Gasteiger partial charge >= 0.3 is 0 Å². The second-order valence-electron chi connectivity index (χ2n) is 4.36. The molecule has 1 aromatic heterocycles.